The van der Waals surface area contributed by atoms with Gasteiger partial charge in [0.2, 0.25) is 5.82 Å². The molecule has 1 N–H and O–H groups in total. The van der Waals surface area contributed by atoms with E-state index in [1.54, 1.807) is 12.4 Å². The Labute approximate surface area is 175 Å². The lowest BCUT2D eigenvalue weighted by Crippen LogP contribution is -2.20. The fraction of sp³-hybridized carbons (Fsp3) is 0.261. The van der Waals surface area contributed by atoms with Gasteiger partial charge in [-0.3, -0.25) is 9.97 Å². The second kappa shape index (κ2) is 8.41. The zero-order chi connectivity index (χ0) is 21.0. The molecular weight excluding hydrogens is 376 g/mol. The van der Waals surface area contributed by atoms with Crippen molar-refractivity contribution in [2.45, 2.75) is 33.3 Å². The number of aromatic amines is 1. The number of pyridine rings is 2. The molecule has 4 rings (SSSR count). The number of hydrogen-bond acceptors (Lipinski definition) is 6. The maximum absolute atomic E-state index is 5.87. The Bertz CT molecular complexity index is 1060. The molecule has 4 aromatic rings. The van der Waals surface area contributed by atoms with Gasteiger partial charge in [-0.1, -0.05) is 39.0 Å². The summed E-state index contributed by atoms with van der Waals surface area (Å²) in [4.78, 5) is 9.00. The van der Waals surface area contributed by atoms with Crippen LogP contribution >= 0.6 is 0 Å². The van der Waals surface area contributed by atoms with Crippen molar-refractivity contribution in [3.63, 3.8) is 0 Å². The van der Waals surface area contributed by atoms with Crippen LogP contribution in [0, 0.1) is 5.41 Å². The third-order valence-corrected chi connectivity index (χ3v) is 4.88. The predicted octanol–water partition coefficient (Wildman–Crippen LogP) is 4.41. The Morgan fingerprint density at radius 2 is 1.80 bits per heavy atom. The van der Waals surface area contributed by atoms with Crippen LogP contribution in [0.15, 0.2) is 67.0 Å². The van der Waals surface area contributed by atoms with Crippen molar-refractivity contribution >= 4 is 0 Å². The lowest BCUT2D eigenvalue weighted by Gasteiger charge is -2.31. The SMILES string of the molecule is CC(C)(C)C(c1ccc(OCc2ccccn2)cc1)c1ccc(-c2nn[nH]n2)cn1. The van der Waals surface area contributed by atoms with Crippen LogP contribution in [0.3, 0.4) is 0 Å². The molecule has 7 nitrogen and oxygen atoms in total. The molecule has 7 heteroatoms. The van der Waals surface area contributed by atoms with Crippen molar-refractivity contribution < 1.29 is 4.74 Å². The van der Waals surface area contributed by atoms with E-state index in [1.807, 2.05) is 42.5 Å². The molecule has 1 atom stereocenters. The van der Waals surface area contributed by atoms with E-state index in [0.717, 1.165) is 22.7 Å². The van der Waals surface area contributed by atoms with E-state index >= 15 is 0 Å². The summed E-state index contributed by atoms with van der Waals surface area (Å²) in [6.07, 6.45) is 3.57. The van der Waals surface area contributed by atoms with E-state index in [9.17, 15) is 0 Å². The van der Waals surface area contributed by atoms with Crippen LogP contribution in [0.25, 0.3) is 11.4 Å². The third kappa shape index (κ3) is 4.51. The Kier molecular flexibility index (Phi) is 5.52. The van der Waals surface area contributed by atoms with Gasteiger partial charge in [0.05, 0.1) is 5.69 Å². The summed E-state index contributed by atoms with van der Waals surface area (Å²) in [7, 11) is 0. The fourth-order valence-electron chi connectivity index (χ4n) is 3.50. The van der Waals surface area contributed by atoms with Crippen LogP contribution < -0.4 is 4.74 Å². The van der Waals surface area contributed by atoms with E-state index < -0.39 is 0 Å². The Hall–Kier alpha value is -3.61. The lowest BCUT2D eigenvalue weighted by atomic mass is 9.74. The first kappa shape index (κ1) is 19.7. The molecule has 0 saturated heterocycles. The zero-order valence-electron chi connectivity index (χ0n) is 17.3. The molecular formula is C23H24N6O. The summed E-state index contributed by atoms with van der Waals surface area (Å²) in [5, 5.41) is 14.1. The molecule has 1 aromatic carbocycles. The summed E-state index contributed by atoms with van der Waals surface area (Å²) in [6, 6.07) is 18.1. The van der Waals surface area contributed by atoms with Crippen LogP contribution in [0.1, 0.15) is 43.6 Å². The number of ether oxygens (including phenoxy) is 1. The summed E-state index contributed by atoms with van der Waals surface area (Å²) >= 11 is 0. The second-order valence-corrected chi connectivity index (χ2v) is 8.18. The van der Waals surface area contributed by atoms with Crippen molar-refractivity contribution in [1.82, 2.24) is 30.6 Å². The van der Waals surface area contributed by atoms with Crippen molar-refractivity contribution in [3.8, 4) is 17.1 Å². The summed E-state index contributed by atoms with van der Waals surface area (Å²) in [6.45, 7) is 7.11. The van der Waals surface area contributed by atoms with Gasteiger partial charge in [-0.15, -0.1) is 10.2 Å². The number of benzene rings is 1. The quantitative estimate of drug-likeness (QED) is 0.515. The highest BCUT2D eigenvalue weighted by molar-refractivity contribution is 5.52. The Balaban J connectivity index is 1.54. The molecule has 30 heavy (non-hydrogen) atoms. The molecule has 0 amide bonds. The van der Waals surface area contributed by atoms with Crippen LogP contribution in [-0.2, 0) is 6.61 Å². The van der Waals surface area contributed by atoms with Gasteiger partial charge in [0.1, 0.15) is 12.4 Å². The highest BCUT2D eigenvalue weighted by Crippen LogP contribution is 2.40. The maximum Gasteiger partial charge on any atom is 0.206 e. The molecule has 0 aliphatic rings. The minimum absolute atomic E-state index is 0.0169. The summed E-state index contributed by atoms with van der Waals surface area (Å²) in [5.74, 6) is 1.48. The first-order valence-corrected chi connectivity index (χ1v) is 9.83. The second-order valence-electron chi connectivity index (χ2n) is 8.18. The van der Waals surface area contributed by atoms with E-state index in [0.29, 0.717) is 12.4 Å². The van der Waals surface area contributed by atoms with Crippen LogP contribution in [-0.4, -0.2) is 30.6 Å². The highest BCUT2D eigenvalue weighted by Gasteiger charge is 2.29. The van der Waals surface area contributed by atoms with Crippen molar-refractivity contribution in [3.05, 3.63) is 83.9 Å². The van der Waals surface area contributed by atoms with Gasteiger partial charge in [0, 0.05) is 29.6 Å². The first-order chi connectivity index (χ1) is 14.5. The maximum atomic E-state index is 5.87. The lowest BCUT2D eigenvalue weighted by molar-refractivity contribution is 0.300. The van der Waals surface area contributed by atoms with Gasteiger partial charge >= 0.3 is 0 Å². The van der Waals surface area contributed by atoms with Gasteiger partial charge in [0.15, 0.2) is 0 Å². The molecule has 0 saturated carbocycles. The van der Waals surface area contributed by atoms with Crippen LogP contribution in [0.2, 0.25) is 0 Å². The van der Waals surface area contributed by atoms with E-state index in [1.165, 1.54) is 5.56 Å². The van der Waals surface area contributed by atoms with E-state index in [2.05, 4.69) is 58.5 Å². The average Bonchev–Trinajstić information content (AvgIpc) is 3.29. The van der Waals surface area contributed by atoms with E-state index in [4.69, 9.17) is 9.72 Å². The number of tetrazole rings is 1. The number of nitrogens with one attached hydrogen (secondary N) is 1. The molecule has 0 spiro atoms. The molecule has 152 valence electrons. The Morgan fingerprint density at radius 3 is 2.40 bits per heavy atom. The van der Waals surface area contributed by atoms with Crippen LogP contribution in [0.4, 0.5) is 0 Å². The average molecular weight is 400 g/mol. The first-order valence-electron chi connectivity index (χ1n) is 9.83. The fourth-order valence-corrected chi connectivity index (χ4v) is 3.50. The van der Waals surface area contributed by atoms with Gasteiger partial charge in [0.25, 0.3) is 0 Å². The normalized spacial score (nSPS) is 12.5. The predicted molar refractivity (Wildman–Crippen MR) is 114 cm³/mol. The number of rotatable bonds is 6. The third-order valence-electron chi connectivity index (χ3n) is 4.88. The van der Waals surface area contributed by atoms with Crippen molar-refractivity contribution in [1.29, 1.82) is 0 Å². The summed E-state index contributed by atoms with van der Waals surface area (Å²) in [5.41, 5.74) is 3.90. The molecule has 0 fully saturated rings. The van der Waals surface area contributed by atoms with Gasteiger partial charge in [-0.05, 0) is 52.6 Å². The van der Waals surface area contributed by atoms with E-state index in [-0.39, 0.29) is 11.3 Å². The number of nitrogens with zero attached hydrogens (tertiary/aromatic N) is 5. The zero-order valence-corrected chi connectivity index (χ0v) is 17.3. The number of hydrogen-bond donors (Lipinski definition) is 1. The number of H-pyrrole nitrogens is 1. The largest absolute Gasteiger partial charge is 0.487 e. The molecule has 3 heterocycles. The van der Waals surface area contributed by atoms with Gasteiger partial charge < -0.3 is 4.74 Å². The topological polar surface area (TPSA) is 89.5 Å². The molecule has 3 aromatic heterocycles. The van der Waals surface area contributed by atoms with Crippen molar-refractivity contribution in [2.24, 2.45) is 5.41 Å². The van der Waals surface area contributed by atoms with Crippen molar-refractivity contribution in [2.75, 3.05) is 0 Å². The monoisotopic (exact) mass is 400 g/mol. The molecule has 0 aliphatic carbocycles. The highest BCUT2D eigenvalue weighted by atomic mass is 16.5. The molecule has 0 radical (unpaired) electrons. The Morgan fingerprint density at radius 1 is 0.967 bits per heavy atom. The smallest absolute Gasteiger partial charge is 0.206 e. The van der Waals surface area contributed by atoms with Gasteiger partial charge in [-0.25, -0.2) is 0 Å². The number of aromatic nitrogens is 6. The molecule has 0 aliphatic heterocycles. The minimum Gasteiger partial charge on any atom is -0.487 e. The summed E-state index contributed by atoms with van der Waals surface area (Å²) < 4.78 is 5.87. The minimum atomic E-state index is -0.0169. The van der Waals surface area contributed by atoms with Gasteiger partial charge in [-0.2, -0.15) is 5.21 Å². The van der Waals surface area contributed by atoms with Crippen LogP contribution in [0.5, 0.6) is 5.75 Å². The molecule has 0 bridgehead atoms. The standard InChI is InChI=1S/C23H24N6O/c1-23(2,3)21(20-12-9-17(14-25-20)22-26-28-29-27-22)16-7-10-19(11-8-16)30-15-18-6-4-5-13-24-18/h4-14,21H,15H2,1-3H3,(H,26,27,28,29). The molecule has 1 unspecified atom stereocenters.